The van der Waals surface area contributed by atoms with Crippen molar-refractivity contribution in [2.75, 3.05) is 0 Å². The topological polar surface area (TPSA) is 37.3 Å². The smallest absolute Gasteiger partial charge is 0.303 e. The molecule has 0 rings (SSSR count). The van der Waals surface area contributed by atoms with E-state index in [-0.39, 0.29) is 0 Å². The Hall–Kier alpha value is -1.23. The van der Waals surface area contributed by atoms with Gasteiger partial charge in [0.15, 0.2) is 0 Å². The lowest BCUT2D eigenvalue weighted by Crippen LogP contribution is -1.93. The van der Waals surface area contributed by atoms with Crippen LogP contribution in [0.2, 0.25) is 0 Å². The second-order valence-corrected chi connectivity index (χ2v) is 5.73. The number of hydrogen-bond donors (Lipinski definition) is 1. The second kappa shape index (κ2) is 15.2. The Morgan fingerprint density at radius 2 is 1.48 bits per heavy atom. The molecule has 0 aliphatic heterocycles. The molecule has 0 unspecified atom stereocenters. The number of unbranched alkanes of at least 4 members (excludes halogenated alkanes) is 9. The molecule has 0 atom stereocenters. The van der Waals surface area contributed by atoms with Crippen molar-refractivity contribution in [3.8, 4) is 11.8 Å². The van der Waals surface area contributed by atoms with Gasteiger partial charge < -0.3 is 5.11 Å². The van der Waals surface area contributed by atoms with Gasteiger partial charge in [-0.3, -0.25) is 4.79 Å². The first-order chi connectivity index (χ1) is 10.2. The summed E-state index contributed by atoms with van der Waals surface area (Å²) < 4.78 is 0. The van der Waals surface area contributed by atoms with Crippen LogP contribution in [0, 0.1) is 11.8 Å². The maximum absolute atomic E-state index is 10.3. The van der Waals surface area contributed by atoms with Crippen molar-refractivity contribution in [3.63, 3.8) is 0 Å². The van der Waals surface area contributed by atoms with Gasteiger partial charge in [0, 0.05) is 12.8 Å². The molecule has 0 aliphatic carbocycles. The summed E-state index contributed by atoms with van der Waals surface area (Å²) >= 11 is 0. The first kappa shape index (κ1) is 19.8. The van der Waals surface area contributed by atoms with Gasteiger partial charge in [-0.25, -0.2) is 0 Å². The number of hydrogen-bond acceptors (Lipinski definition) is 1. The summed E-state index contributed by atoms with van der Waals surface area (Å²) in [5.74, 6) is 5.70. The fourth-order valence-corrected chi connectivity index (χ4v) is 2.21. The number of aliphatic carboxylic acids is 1. The van der Waals surface area contributed by atoms with Crippen LogP contribution in [0.25, 0.3) is 0 Å². The molecule has 0 saturated heterocycles. The highest BCUT2D eigenvalue weighted by atomic mass is 16.4. The summed E-state index contributed by atoms with van der Waals surface area (Å²) in [6, 6.07) is 0. The first-order valence-electron chi connectivity index (χ1n) is 8.55. The lowest BCUT2D eigenvalue weighted by molar-refractivity contribution is -0.137. The van der Waals surface area contributed by atoms with Crippen LogP contribution >= 0.6 is 0 Å². The molecular weight excluding hydrogens is 260 g/mol. The highest BCUT2D eigenvalue weighted by Gasteiger charge is 1.97. The molecule has 0 aromatic heterocycles. The highest BCUT2D eigenvalue weighted by Crippen LogP contribution is 2.10. The third-order valence-electron chi connectivity index (χ3n) is 3.54. The molecule has 0 aliphatic rings. The Bertz CT molecular complexity index is 333. The summed E-state index contributed by atoms with van der Waals surface area (Å²) in [4.78, 5) is 10.3. The fraction of sp³-hybridized carbons (Fsp3) is 0.737. The Morgan fingerprint density at radius 3 is 2.14 bits per heavy atom. The monoisotopic (exact) mass is 292 g/mol. The molecule has 0 radical (unpaired) electrons. The van der Waals surface area contributed by atoms with Gasteiger partial charge in [-0.05, 0) is 31.3 Å². The number of carbonyl (C=O) groups is 1. The van der Waals surface area contributed by atoms with E-state index >= 15 is 0 Å². The van der Waals surface area contributed by atoms with Gasteiger partial charge in [0.1, 0.15) is 0 Å². The van der Waals surface area contributed by atoms with E-state index < -0.39 is 5.97 Å². The van der Waals surface area contributed by atoms with Crippen molar-refractivity contribution in [2.24, 2.45) is 0 Å². The molecule has 0 heterocycles. The summed E-state index contributed by atoms with van der Waals surface area (Å²) in [5, 5.41) is 8.53. The minimum Gasteiger partial charge on any atom is -0.481 e. The molecule has 2 heteroatoms. The van der Waals surface area contributed by atoms with Crippen molar-refractivity contribution < 1.29 is 9.90 Å². The first-order valence-corrected chi connectivity index (χ1v) is 8.55. The molecule has 0 amide bonds. The van der Waals surface area contributed by atoms with Gasteiger partial charge >= 0.3 is 5.97 Å². The van der Waals surface area contributed by atoms with Crippen LogP contribution in [0.4, 0.5) is 0 Å². The maximum atomic E-state index is 10.3. The van der Waals surface area contributed by atoms with Crippen LogP contribution in [-0.2, 0) is 4.79 Å². The average molecular weight is 292 g/mol. The Balaban J connectivity index is 3.36. The Kier molecular flexibility index (Phi) is 14.3. The Morgan fingerprint density at radius 1 is 0.905 bits per heavy atom. The SMILES string of the molecule is C=C(C#CCCCCCCC)CCCCCCCC(=O)O. The van der Waals surface area contributed by atoms with Crippen molar-refractivity contribution in [2.45, 2.75) is 90.4 Å². The molecule has 2 nitrogen and oxygen atoms in total. The quantitative estimate of drug-likeness (QED) is 0.348. The van der Waals surface area contributed by atoms with Crippen LogP contribution in [0.5, 0.6) is 0 Å². The number of carboxylic acid groups (broad SMARTS) is 1. The van der Waals surface area contributed by atoms with E-state index in [1.54, 1.807) is 0 Å². The predicted molar refractivity (Wildman–Crippen MR) is 90.2 cm³/mol. The zero-order chi connectivity index (χ0) is 15.8. The van der Waals surface area contributed by atoms with Crippen molar-refractivity contribution in [3.05, 3.63) is 12.2 Å². The molecular formula is C19H32O2. The number of allylic oxidation sites excluding steroid dienone is 1. The molecule has 120 valence electrons. The van der Waals surface area contributed by atoms with E-state index in [1.165, 1.54) is 32.1 Å². The lowest BCUT2D eigenvalue weighted by atomic mass is 10.1. The van der Waals surface area contributed by atoms with Crippen molar-refractivity contribution in [1.82, 2.24) is 0 Å². The molecule has 0 spiro atoms. The largest absolute Gasteiger partial charge is 0.481 e. The Labute approximate surface area is 131 Å². The van der Waals surface area contributed by atoms with Crippen LogP contribution in [-0.4, -0.2) is 11.1 Å². The van der Waals surface area contributed by atoms with E-state index in [4.69, 9.17) is 5.11 Å². The van der Waals surface area contributed by atoms with Crippen molar-refractivity contribution in [1.29, 1.82) is 0 Å². The molecule has 0 saturated carbocycles. The van der Waals surface area contributed by atoms with E-state index in [0.717, 1.165) is 50.5 Å². The lowest BCUT2D eigenvalue weighted by Gasteiger charge is -2.00. The summed E-state index contributed by atoms with van der Waals surface area (Å²) in [6.45, 7) is 6.24. The molecule has 1 N–H and O–H groups in total. The number of rotatable bonds is 13. The van der Waals surface area contributed by atoms with E-state index in [9.17, 15) is 4.79 Å². The van der Waals surface area contributed by atoms with Gasteiger partial charge in [0.05, 0.1) is 0 Å². The minimum absolute atomic E-state index is 0.302. The molecule has 0 aromatic carbocycles. The van der Waals surface area contributed by atoms with Crippen LogP contribution in [0.15, 0.2) is 12.2 Å². The summed E-state index contributed by atoms with van der Waals surface area (Å²) in [5.41, 5.74) is 1.05. The average Bonchev–Trinajstić information content (AvgIpc) is 2.45. The molecule has 0 fully saturated rings. The van der Waals surface area contributed by atoms with E-state index in [0.29, 0.717) is 6.42 Å². The van der Waals surface area contributed by atoms with Crippen LogP contribution in [0.3, 0.4) is 0 Å². The van der Waals surface area contributed by atoms with Gasteiger partial charge in [-0.15, -0.1) is 0 Å². The van der Waals surface area contributed by atoms with Crippen LogP contribution in [0.1, 0.15) is 90.4 Å². The standard InChI is InChI=1S/C19H32O2/c1-3-4-5-6-7-9-12-15-18(2)16-13-10-8-11-14-17-19(20)21/h2-11,13-14,16-17H2,1H3,(H,20,21). The third-order valence-corrected chi connectivity index (χ3v) is 3.54. The van der Waals surface area contributed by atoms with Crippen LogP contribution < -0.4 is 0 Å². The molecule has 0 aromatic rings. The summed E-state index contributed by atoms with van der Waals surface area (Å²) in [7, 11) is 0. The van der Waals surface area contributed by atoms with Crippen molar-refractivity contribution >= 4 is 5.97 Å². The van der Waals surface area contributed by atoms with Gasteiger partial charge in [0.25, 0.3) is 0 Å². The molecule has 21 heavy (non-hydrogen) atoms. The van der Waals surface area contributed by atoms with Gasteiger partial charge in [-0.2, -0.15) is 0 Å². The normalized spacial score (nSPS) is 9.95. The highest BCUT2D eigenvalue weighted by molar-refractivity contribution is 5.66. The second-order valence-electron chi connectivity index (χ2n) is 5.73. The van der Waals surface area contributed by atoms with E-state index in [2.05, 4.69) is 25.3 Å². The number of carboxylic acids is 1. The zero-order valence-electron chi connectivity index (χ0n) is 13.8. The van der Waals surface area contributed by atoms with Gasteiger partial charge in [-0.1, -0.05) is 70.3 Å². The third kappa shape index (κ3) is 16.7. The zero-order valence-corrected chi connectivity index (χ0v) is 13.8. The van der Waals surface area contributed by atoms with E-state index in [1.807, 2.05) is 0 Å². The predicted octanol–water partition coefficient (Wildman–Crippen LogP) is 5.72. The maximum Gasteiger partial charge on any atom is 0.303 e. The fourth-order valence-electron chi connectivity index (χ4n) is 2.21. The minimum atomic E-state index is -0.687. The van der Waals surface area contributed by atoms with Gasteiger partial charge in [0.2, 0.25) is 0 Å². The summed E-state index contributed by atoms with van der Waals surface area (Å²) in [6.07, 6.45) is 14.0. The molecule has 0 bridgehead atoms.